The Kier molecular flexibility index (Phi) is 10.4. The van der Waals surface area contributed by atoms with Crippen LogP contribution in [0.1, 0.15) is 76.4 Å². The van der Waals surface area contributed by atoms with Crippen molar-refractivity contribution in [2.75, 3.05) is 19.7 Å². The minimum absolute atomic E-state index is 0.0315. The lowest BCUT2D eigenvalue weighted by Crippen LogP contribution is -2.58. The van der Waals surface area contributed by atoms with Gasteiger partial charge in [0.25, 0.3) is 0 Å². The van der Waals surface area contributed by atoms with Crippen LogP contribution in [0.5, 0.6) is 0 Å². The molecular formula is C35H47N3O7. The van der Waals surface area contributed by atoms with Gasteiger partial charge in [-0.3, -0.25) is 19.2 Å². The number of allylic oxidation sites excluding steroid dienone is 1. The van der Waals surface area contributed by atoms with E-state index in [0.717, 1.165) is 32.1 Å². The standard InChI is InChI=1S/C35H47N3O7/c1-4-6-17-27(40)36-23(3)30(24-13-9-7-10-14-24)44-34(43)28-26-18-19-35(45-26)29(28)32(41)38(21-22-39)31(35)33(42)37(20-5-2)25-15-11-8-12-16-25/h4-5,7,9-10,13-14,23,25-26,28-31,39H,1-2,6,8,11-12,15-22H2,3H3,(H,36,40)/t23-,26-,28+,29+,30-,31-,35+/m0/s1. The highest BCUT2D eigenvalue weighted by Gasteiger charge is 2.75. The predicted octanol–water partition coefficient (Wildman–Crippen LogP) is 3.46. The van der Waals surface area contributed by atoms with E-state index in [0.29, 0.717) is 31.4 Å². The third-order valence-electron chi connectivity index (χ3n) is 10.1. The molecule has 3 saturated heterocycles. The summed E-state index contributed by atoms with van der Waals surface area (Å²) in [7, 11) is 0. The summed E-state index contributed by atoms with van der Waals surface area (Å²) in [6.45, 7) is 9.34. The van der Waals surface area contributed by atoms with E-state index in [1.807, 2.05) is 35.2 Å². The molecule has 0 aromatic heterocycles. The van der Waals surface area contributed by atoms with Crippen molar-refractivity contribution in [1.82, 2.24) is 15.1 Å². The normalized spacial score (nSPS) is 28.7. The minimum atomic E-state index is -1.18. The van der Waals surface area contributed by atoms with Crippen molar-refractivity contribution in [1.29, 1.82) is 0 Å². The quantitative estimate of drug-likeness (QED) is 0.241. The van der Waals surface area contributed by atoms with Crippen LogP contribution in [0.4, 0.5) is 0 Å². The zero-order valence-corrected chi connectivity index (χ0v) is 26.3. The number of hydrogen-bond donors (Lipinski definition) is 2. The van der Waals surface area contributed by atoms with E-state index in [2.05, 4.69) is 18.5 Å². The van der Waals surface area contributed by atoms with Gasteiger partial charge in [-0.05, 0) is 44.6 Å². The summed E-state index contributed by atoms with van der Waals surface area (Å²) in [5.41, 5.74) is -0.472. The third kappa shape index (κ3) is 6.31. The summed E-state index contributed by atoms with van der Waals surface area (Å²) in [5, 5.41) is 12.9. The number of carbonyl (C=O) groups excluding carboxylic acids is 4. The van der Waals surface area contributed by atoms with Crippen LogP contribution in [-0.4, -0.2) is 88.1 Å². The summed E-state index contributed by atoms with van der Waals surface area (Å²) in [5.74, 6) is -3.17. The molecule has 2 N–H and O–H groups in total. The zero-order chi connectivity index (χ0) is 32.1. The van der Waals surface area contributed by atoms with Crippen LogP contribution in [0.15, 0.2) is 55.6 Å². The van der Waals surface area contributed by atoms with Crippen molar-refractivity contribution in [2.24, 2.45) is 11.8 Å². The monoisotopic (exact) mass is 621 g/mol. The zero-order valence-electron chi connectivity index (χ0n) is 26.3. The Labute approximate surface area is 265 Å². The number of likely N-dealkylation sites (tertiary alicyclic amines) is 1. The smallest absolute Gasteiger partial charge is 0.313 e. The number of fused-ring (bicyclic) bond motifs is 1. The molecule has 2 bridgehead atoms. The Morgan fingerprint density at radius 2 is 1.89 bits per heavy atom. The van der Waals surface area contributed by atoms with Crippen LogP contribution < -0.4 is 5.32 Å². The Hall–Kier alpha value is -3.50. The van der Waals surface area contributed by atoms with Crippen LogP contribution in [0, 0.1) is 11.8 Å². The summed E-state index contributed by atoms with van der Waals surface area (Å²) >= 11 is 0. The van der Waals surface area contributed by atoms with Crippen LogP contribution in [0.25, 0.3) is 0 Å². The maximum Gasteiger partial charge on any atom is 0.313 e. The minimum Gasteiger partial charge on any atom is -0.455 e. The van der Waals surface area contributed by atoms with Gasteiger partial charge in [0.05, 0.1) is 30.6 Å². The molecule has 1 spiro atoms. The van der Waals surface area contributed by atoms with Gasteiger partial charge in [-0.25, -0.2) is 0 Å². The maximum absolute atomic E-state index is 14.5. The van der Waals surface area contributed by atoms with Crippen LogP contribution in [0.2, 0.25) is 0 Å². The molecule has 244 valence electrons. The van der Waals surface area contributed by atoms with Crippen molar-refractivity contribution in [3.05, 3.63) is 61.2 Å². The molecule has 3 aliphatic heterocycles. The van der Waals surface area contributed by atoms with Crippen molar-refractivity contribution >= 4 is 23.7 Å². The van der Waals surface area contributed by atoms with E-state index in [-0.39, 0.29) is 43.3 Å². The lowest BCUT2D eigenvalue weighted by molar-refractivity contribution is -0.162. The van der Waals surface area contributed by atoms with Crippen LogP contribution >= 0.6 is 0 Å². The number of aliphatic hydroxyl groups excluding tert-OH is 1. The first-order valence-electron chi connectivity index (χ1n) is 16.4. The van der Waals surface area contributed by atoms with Gasteiger partial charge in [-0.15, -0.1) is 13.2 Å². The highest BCUT2D eigenvalue weighted by Crippen LogP contribution is 2.59. The number of nitrogens with one attached hydrogen (secondary N) is 1. The largest absolute Gasteiger partial charge is 0.455 e. The summed E-state index contributed by atoms with van der Waals surface area (Å²) in [6.07, 6.45) is 8.73. The number of esters is 1. The summed E-state index contributed by atoms with van der Waals surface area (Å²) < 4.78 is 12.8. The molecule has 45 heavy (non-hydrogen) atoms. The van der Waals surface area contributed by atoms with Crippen molar-refractivity contribution in [3.8, 4) is 0 Å². The molecule has 0 radical (unpaired) electrons. The van der Waals surface area contributed by atoms with Gasteiger partial charge in [0.1, 0.15) is 17.7 Å². The molecule has 1 aromatic carbocycles. The number of amides is 3. The number of benzene rings is 1. The number of rotatable bonds is 14. The average Bonchev–Trinajstić information content (AvgIpc) is 3.69. The molecule has 1 saturated carbocycles. The summed E-state index contributed by atoms with van der Waals surface area (Å²) in [4.78, 5) is 58.6. The highest BCUT2D eigenvalue weighted by molar-refractivity contribution is 5.98. The van der Waals surface area contributed by atoms with E-state index >= 15 is 0 Å². The first-order chi connectivity index (χ1) is 21.8. The molecule has 5 rings (SSSR count). The fourth-order valence-corrected chi connectivity index (χ4v) is 8.10. The first-order valence-corrected chi connectivity index (χ1v) is 16.4. The van der Waals surface area contributed by atoms with Gasteiger partial charge >= 0.3 is 5.97 Å². The Balaban J connectivity index is 1.43. The second kappa shape index (κ2) is 14.3. The molecule has 4 aliphatic rings. The molecular weight excluding hydrogens is 574 g/mol. The number of ether oxygens (including phenoxy) is 2. The second-order valence-corrected chi connectivity index (χ2v) is 12.8. The number of β-amino-alcohol motifs (C(OH)–C–C–N with tert-alkyl or cyclic N) is 1. The molecule has 3 amide bonds. The van der Waals surface area contributed by atoms with Crippen LogP contribution in [-0.2, 0) is 28.7 Å². The average molecular weight is 622 g/mol. The SMILES string of the molecule is C=CCCC(=O)N[C@@H](C)[C@H](OC(=O)[C@@H]1[C@@H]2CC[C@]3(O2)[C@H](C(=O)N(CC=C)C2CCCCC2)N(CCO)C(=O)[C@@H]13)c1ccccc1. The molecule has 10 heteroatoms. The molecule has 3 heterocycles. The Bertz CT molecular complexity index is 1260. The number of nitrogens with zero attached hydrogens (tertiary/aromatic N) is 2. The topological polar surface area (TPSA) is 125 Å². The summed E-state index contributed by atoms with van der Waals surface area (Å²) in [6, 6.07) is 7.74. The van der Waals surface area contributed by atoms with E-state index in [9.17, 15) is 24.3 Å². The fourth-order valence-electron chi connectivity index (χ4n) is 8.10. The van der Waals surface area contributed by atoms with Crippen LogP contribution in [0.3, 0.4) is 0 Å². The van der Waals surface area contributed by atoms with E-state index in [4.69, 9.17) is 9.47 Å². The lowest BCUT2D eigenvalue weighted by atomic mass is 9.70. The lowest BCUT2D eigenvalue weighted by Gasteiger charge is -2.40. The van der Waals surface area contributed by atoms with Crippen molar-refractivity contribution in [3.63, 3.8) is 0 Å². The molecule has 10 nitrogen and oxygen atoms in total. The van der Waals surface area contributed by atoms with Gasteiger partial charge in [0, 0.05) is 25.6 Å². The third-order valence-corrected chi connectivity index (χ3v) is 10.1. The highest BCUT2D eigenvalue weighted by atomic mass is 16.6. The van der Waals surface area contributed by atoms with Crippen molar-refractivity contribution in [2.45, 2.75) is 101 Å². The molecule has 1 aliphatic carbocycles. The van der Waals surface area contributed by atoms with E-state index in [1.54, 1.807) is 19.1 Å². The number of aliphatic hydroxyl groups is 1. The number of hydrogen-bond acceptors (Lipinski definition) is 7. The first kappa shape index (κ1) is 32.9. The van der Waals surface area contributed by atoms with Gasteiger partial charge < -0.3 is 29.7 Å². The number of carbonyl (C=O) groups is 4. The maximum atomic E-state index is 14.5. The second-order valence-electron chi connectivity index (χ2n) is 12.8. The van der Waals surface area contributed by atoms with Gasteiger partial charge in [0.15, 0.2) is 0 Å². The van der Waals surface area contributed by atoms with E-state index < -0.39 is 47.7 Å². The molecule has 7 atom stereocenters. The Morgan fingerprint density at radius 3 is 2.56 bits per heavy atom. The Morgan fingerprint density at radius 1 is 1.16 bits per heavy atom. The van der Waals surface area contributed by atoms with Gasteiger partial charge in [0.2, 0.25) is 17.7 Å². The molecule has 0 unspecified atom stereocenters. The molecule has 1 aromatic rings. The van der Waals surface area contributed by atoms with Crippen molar-refractivity contribution < 1.29 is 33.8 Å². The van der Waals surface area contributed by atoms with E-state index in [1.165, 1.54) is 4.90 Å². The van der Waals surface area contributed by atoms with Gasteiger partial charge in [-0.2, -0.15) is 0 Å². The fraction of sp³-hybridized carbons (Fsp3) is 0.600. The van der Waals surface area contributed by atoms with Gasteiger partial charge in [-0.1, -0.05) is 61.7 Å². The molecule has 4 fully saturated rings. The predicted molar refractivity (Wildman–Crippen MR) is 167 cm³/mol.